The Morgan fingerprint density at radius 1 is 1.24 bits per heavy atom. The van der Waals surface area contributed by atoms with Crippen LogP contribution < -0.4 is 5.32 Å². The van der Waals surface area contributed by atoms with E-state index in [1.807, 2.05) is 37.3 Å². The molecule has 0 radical (unpaired) electrons. The van der Waals surface area contributed by atoms with Gasteiger partial charge in [0.25, 0.3) is 11.7 Å². The Morgan fingerprint density at radius 3 is 2.68 bits per heavy atom. The number of hydrogen-bond acceptors (Lipinski definition) is 4. The first-order chi connectivity index (χ1) is 12.1. The van der Waals surface area contributed by atoms with Crippen LogP contribution in [0, 0.1) is 0 Å². The van der Waals surface area contributed by atoms with Gasteiger partial charge in [-0.15, -0.1) is 0 Å². The van der Waals surface area contributed by atoms with Gasteiger partial charge in [-0.2, -0.15) is 5.10 Å². The molecular weight excluding hydrogens is 318 g/mol. The highest BCUT2D eigenvalue weighted by Gasteiger charge is 2.21. The monoisotopic (exact) mass is 337 g/mol. The summed E-state index contributed by atoms with van der Waals surface area (Å²) in [6.45, 7) is 4.32. The molecule has 1 amide bonds. The molecule has 0 aliphatic carbocycles. The summed E-state index contributed by atoms with van der Waals surface area (Å²) < 4.78 is 1.60. The Hall–Kier alpha value is -3.22. The molecule has 7 heteroatoms. The van der Waals surface area contributed by atoms with Crippen LogP contribution in [0.15, 0.2) is 48.9 Å². The molecule has 0 fully saturated rings. The highest BCUT2D eigenvalue weighted by Crippen LogP contribution is 2.18. The summed E-state index contributed by atoms with van der Waals surface area (Å²) in [7, 11) is 0. The molecule has 0 aliphatic heterocycles. The van der Waals surface area contributed by atoms with E-state index in [2.05, 4.69) is 20.4 Å². The van der Waals surface area contributed by atoms with E-state index >= 15 is 0 Å². The normalized spacial score (nSPS) is 11.9. The number of nitrogens with zero attached hydrogens (tertiary/aromatic N) is 3. The molecule has 1 aromatic carbocycles. The second kappa shape index (κ2) is 7.12. The Kier molecular flexibility index (Phi) is 4.74. The largest absolute Gasteiger partial charge is 0.340 e. The van der Waals surface area contributed by atoms with Crippen molar-refractivity contribution in [2.24, 2.45) is 0 Å². The Morgan fingerprint density at radius 2 is 2.00 bits per heavy atom. The van der Waals surface area contributed by atoms with Crippen molar-refractivity contribution in [2.45, 2.75) is 26.4 Å². The number of benzene rings is 1. The fourth-order valence-electron chi connectivity index (χ4n) is 2.44. The third-order valence-corrected chi connectivity index (χ3v) is 3.86. The SMILES string of the molecule is CCn1cc(C(=O)C(=O)NC(C)c2ncc(-c3ccccc3)[nH]2)cn1. The number of carbonyl (C=O) groups excluding carboxylic acids is 2. The smallest absolute Gasteiger partial charge is 0.293 e. The number of imidazole rings is 1. The lowest BCUT2D eigenvalue weighted by molar-refractivity contribution is -0.117. The molecule has 0 aliphatic rings. The summed E-state index contributed by atoms with van der Waals surface area (Å²) >= 11 is 0. The number of amides is 1. The molecule has 2 aromatic heterocycles. The van der Waals surface area contributed by atoms with E-state index in [1.165, 1.54) is 6.20 Å². The lowest BCUT2D eigenvalue weighted by Crippen LogP contribution is -2.33. The quantitative estimate of drug-likeness (QED) is 0.533. The van der Waals surface area contributed by atoms with Gasteiger partial charge in [0.2, 0.25) is 0 Å². The maximum Gasteiger partial charge on any atom is 0.293 e. The molecule has 3 rings (SSSR count). The minimum atomic E-state index is -0.680. The van der Waals surface area contributed by atoms with Crippen molar-refractivity contribution in [2.75, 3.05) is 0 Å². The first-order valence-electron chi connectivity index (χ1n) is 8.06. The number of aromatic amines is 1. The third kappa shape index (κ3) is 3.65. The number of carbonyl (C=O) groups is 2. The number of Topliss-reactive ketones (excluding diaryl/α,β-unsaturated/α-hetero) is 1. The standard InChI is InChI=1S/C18H19N5O2/c1-3-23-11-14(9-20-23)16(24)18(25)21-12(2)17-19-10-15(22-17)13-7-5-4-6-8-13/h4-12H,3H2,1-2H3,(H,19,22)(H,21,25). The summed E-state index contributed by atoms with van der Waals surface area (Å²) in [6.07, 6.45) is 4.67. The van der Waals surface area contributed by atoms with Gasteiger partial charge in [0.15, 0.2) is 0 Å². The van der Waals surface area contributed by atoms with Crippen LogP contribution in [0.3, 0.4) is 0 Å². The van der Waals surface area contributed by atoms with Gasteiger partial charge < -0.3 is 10.3 Å². The van der Waals surface area contributed by atoms with Crippen LogP contribution in [0.5, 0.6) is 0 Å². The van der Waals surface area contributed by atoms with Crippen molar-refractivity contribution in [1.82, 2.24) is 25.1 Å². The van der Waals surface area contributed by atoms with E-state index in [0.717, 1.165) is 11.3 Å². The maximum atomic E-state index is 12.2. The highest BCUT2D eigenvalue weighted by molar-refractivity contribution is 6.42. The molecule has 0 spiro atoms. The minimum Gasteiger partial charge on any atom is -0.340 e. The first kappa shape index (κ1) is 16.6. The first-order valence-corrected chi connectivity index (χ1v) is 8.06. The van der Waals surface area contributed by atoms with E-state index in [0.29, 0.717) is 12.4 Å². The van der Waals surface area contributed by atoms with E-state index in [1.54, 1.807) is 24.0 Å². The van der Waals surface area contributed by atoms with E-state index in [9.17, 15) is 9.59 Å². The third-order valence-electron chi connectivity index (χ3n) is 3.86. The van der Waals surface area contributed by atoms with Crippen LogP contribution in [0.2, 0.25) is 0 Å². The van der Waals surface area contributed by atoms with E-state index in [4.69, 9.17) is 0 Å². The number of aryl methyl sites for hydroxylation is 1. The molecule has 128 valence electrons. The number of nitrogens with one attached hydrogen (secondary N) is 2. The van der Waals surface area contributed by atoms with Crippen molar-refractivity contribution in [3.8, 4) is 11.3 Å². The van der Waals surface area contributed by atoms with E-state index in [-0.39, 0.29) is 5.56 Å². The van der Waals surface area contributed by atoms with Gasteiger partial charge in [-0.3, -0.25) is 14.3 Å². The molecule has 25 heavy (non-hydrogen) atoms. The molecular formula is C18H19N5O2. The van der Waals surface area contributed by atoms with Crippen LogP contribution >= 0.6 is 0 Å². The fraction of sp³-hybridized carbons (Fsp3) is 0.222. The summed E-state index contributed by atoms with van der Waals surface area (Å²) in [4.78, 5) is 31.8. The number of H-pyrrole nitrogens is 1. The van der Waals surface area contributed by atoms with Gasteiger partial charge in [0.05, 0.1) is 29.7 Å². The molecule has 0 saturated carbocycles. The van der Waals surface area contributed by atoms with Crippen LogP contribution in [0.25, 0.3) is 11.3 Å². The average molecular weight is 337 g/mol. The molecule has 1 atom stereocenters. The zero-order valence-corrected chi connectivity index (χ0v) is 14.1. The van der Waals surface area contributed by atoms with Gasteiger partial charge >= 0.3 is 0 Å². The van der Waals surface area contributed by atoms with Gasteiger partial charge in [0, 0.05) is 12.7 Å². The number of hydrogen-bond donors (Lipinski definition) is 2. The Balaban J connectivity index is 1.67. The van der Waals surface area contributed by atoms with Crippen molar-refractivity contribution >= 4 is 11.7 Å². The zero-order chi connectivity index (χ0) is 17.8. The summed E-state index contributed by atoms with van der Waals surface area (Å²) in [5.41, 5.74) is 2.13. The van der Waals surface area contributed by atoms with Crippen molar-refractivity contribution in [3.05, 3.63) is 60.3 Å². The second-order valence-electron chi connectivity index (χ2n) is 5.66. The predicted octanol–water partition coefficient (Wildman–Crippen LogP) is 2.35. The molecule has 7 nitrogen and oxygen atoms in total. The molecule has 0 bridgehead atoms. The van der Waals surface area contributed by atoms with Crippen LogP contribution in [-0.4, -0.2) is 31.4 Å². The molecule has 3 aromatic rings. The number of rotatable bonds is 6. The van der Waals surface area contributed by atoms with Gasteiger partial charge in [0.1, 0.15) is 5.82 Å². The maximum absolute atomic E-state index is 12.2. The van der Waals surface area contributed by atoms with Gasteiger partial charge in [-0.1, -0.05) is 30.3 Å². The second-order valence-corrected chi connectivity index (χ2v) is 5.66. The van der Waals surface area contributed by atoms with Crippen molar-refractivity contribution in [3.63, 3.8) is 0 Å². The van der Waals surface area contributed by atoms with Crippen LogP contribution in [0.4, 0.5) is 0 Å². The van der Waals surface area contributed by atoms with Gasteiger partial charge in [-0.25, -0.2) is 4.98 Å². The predicted molar refractivity (Wildman–Crippen MR) is 92.8 cm³/mol. The molecule has 1 unspecified atom stereocenters. The zero-order valence-electron chi connectivity index (χ0n) is 14.1. The average Bonchev–Trinajstić information content (AvgIpc) is 3.31. The van der Waals surface area contributed by atoms with E-state index < -0.39 is 17.7 Å². The summed E-state index contributed by atoms with van der Waals surface area (Å²) in [5, 5.41) is 6.68. The highest BCUT2D eigenvalue weighted by atomic mass is 16.2. The lowest BCUT2D eigenvalue weighted by atomic mass is 10.2. The minimum absolute atomic E-state index is 0.274. The lowest BCUT2D eigenvalue weighted by Gasteiger charge is -2.10. The molecule has 0 saturated heterocycles. The molecule has 2 heterocycles. The van der Waals surface area contributed by atoms with Crippen molar-refractivity contribution < 1.29 is 9.59 Å². The van der Waals surface area contributed by atoms with Gasteiger partial charge in [-0.05, 0) is 19.4 Å². The van der Waals surface area contributed by atoms with Crippen LogP contribution in [0.1, 0.15) is 36.1 Å². The number of aromatic nitrogens is 4. The van der Waals surface area contributed by atoms with Crippen molar-refractivity contribution in [1.29, 1.82) is 0 Å². The Labute approximate surface area is 145 Å². The fourth-order valence-corrected chi connectivity index (χ4v) is 2.44. The molecule has 2 N–H and O–H groups in total. The number of ketones is 1. The summed E-state index contributed by atoms with van der Waals surface area (Å²) in [5.74, 6) is -0.702. The van der Waals surface area contributed by atoms with Crippen LogP contribution in [-0.2, 0) is 11.3 Å². The summed E-state index contributed by atoms with van der Waals surface area (Å²) in [6, 6.07) is 9.34. The topological polar surface area (TPSA) is 92.7 Å². The Bertz CT molecular complexity index is 882.